The maximum absolute atomic E-state index is 13.1. The van der Waals surface area contributed by atoms with E-state index in [1.165, 1.54) is 64.1 Å². The highest BCUT2D eigenvalue weighted by Crippen LogP contribution is 2.35. The van der Waals surface area contributed by atoms with Crippen molar-refractivity contribution in [3.8, 4) is 0 Å². The fourth-order valence-electron chi connectivity index (χ4n) is 5.41. The molecule has 0 fully saturated rings. The normalized spacial score (nSPS) is 15.7. The highest BCUT2D eigenvalue weighted by molar-refractivity contribution is 6.05. The molecule has 1 atom stereocenters. The van der Waals surface area contributed by atoms with E-state index in [0.29, 0.717) is 22.3 Å². The Morgan fingerprint density at radius 2 is 1.19 bits per heavy atom. The summed E-state index contributed by atoms with van der Waals surface area (Å²) in [5.41, 5.74) is -2.67. The van der Waals surface area contributed by atoms with Crippen molar-refractivity contribution in [2.45, 2.75) is 58.2 Å². The smallest absolute Gasteiger partial charge is 0.339 e. The van der Waals surface area contributed by atoms with E-state index in [0.717, 1.165) is 11.1 Å². The molecule has 0 aliphatic heterocycles. The van der Waals surface area contributed by atoms with Crippen LogP contribution in [0.5, 0.6) is 0 Å². The lowest BCUT2D eigenvalue weighted by Gasteiger charge is -2.26. The molecule has 3 aromatic rings. The van der Waals surface area contributed by atoms with Crippen LogP contribution in [-0.2, 0) is 31.9 Å². The molecule has 0 saturated heterocycles. The summed E-state index contributed by atoms with van der Waals surface area (Å²) < 4.78 is 10.7. The predicted octanol–water partition coefficient (Wildman–Crippen LogP) is 4.89. The molecule has 1 unspecified atom stereocenters. The van der Waals surface area contributed by atoms with Crippen molar-refractivity contribution in [1.82, 2.24) is 0 Å². The van der Waals surface area contributed by atoms with Gasteiger partial charge in [-0.25, -0.2) is 9.59 Å². The zero-order valence-electron chi connectivity index (χ0n) is 29.2. The van der Waals surface area contributed by atoms with Crippen LogP contribution in [0.15, 0.2) is 85.0 Å². The number of carboxylic acid groups (broad SMARTS) is 2. The number of carbonyl (C=O) groups excluding carboxylic acids is 4. The Bertz CT molecular complexity index is 1940. The van der Waals surface area contributed by atoms with Crippen molar-refractivity contribution in [3.63, 3.8) is 0 Å². The van der Waals surface area contributed by atoms with Crippen LogP contribution in [0.25, 0.3) is 5.57 Å². The van der Waals surface area contributed by atoms with E-state index in [4.69, 9.17) is 9.47 Å². The van der Waals surface area contributed by atoms with Gasteiger partial charge in [-0.3, -0.25) is 19.2 Å². The van der Waals surface area contributed by atoms with Gasteiger partial charge in [0.05, 0.1) is 24.3 Å². The number of aliphatic hydroxyl groups is 2. The number of rotatable bonds is 15. The van der Waals surface area contributed by atoms with Gasteiger partial charge in [0.2, 0.25) is 0 Å². The molecule has 1 aliphatic carbocycles. The zero-order chi connectivity index (χ0) is 38.4. The third-order valence-electron chi connectivity index (χ3n) is 8.53. The first-order valence-electron chi connectivity index (χ1n) is 16.4. The molecular formula is C40H40O12. The topological polar surface area (TPSA) is 202 Å². The van der Waals surface area contributed by atoms with Gasteiger partial charge in [0.1, 0.15) is 11.2 Å². The predicted molar refractivity (Wildman–Crippen MR) is 188 cm³/mol. The summed E-state index contributed by atoms with van der Waals surface area (Å²) in [4.78, 5) is 74.9. The number of benzene rings is 3. The second kappa shape index (κ2) is 15.7. The van der Waals surface area contributed by atoms with Gasteiger partial charge in [-0.2, -0.15) is 0 Å². The molecule has 0 amide bonds. The monoisotopic (exact) mass is 712 g/mol. The summed E-state index contributed by atoms with van der Waals surface area (Å²) in [5, 5.41) is 39.6. The van der Waals surface area contributed by atoms with Crippen molar-refractivity contribution in [2.24, 2.45) is 5.41 Å². The number of hydrogen-bond acceptors (Lipinski definition) is 10. The average Bonchev–Trinajstić information content (AvgIpc) is 3.10. The molecule has 3 aromatic carbocycles. The van der Waals surface area contributed by atoms with Gasteiger partial charge in [-0.1, -0.05) is 72.8 Å². The minimum atomic E-state index is -2.02. The van der Waals surface area contributed by atoms with Crippen LogP contribution in [0, 0.1) is 5.41 Å². The lowest BCUT2D eigenvalue weighted by Crippen LogP contribution is -2.39. The minimum Gasteiger partial charge on any atom is -0.480 e. The van der Waals surface area contributed by atoms with Crippen molar-refractivity contribution in [3.05, 3.63) is 124 Å². The Kier molecular flexibility index (Phi) is 11.8. The van der Waals surface area contributed by atoms with E-state index >= 15 is 0 Å². The maximum Gasteiger partial charge on any atom is 0.339 e. The summed E-state index contributed by atoms with van der Waals surface area (Å²) in [6.45, 7) is 5.33. The Hall–Kier alpha value is -5.72. The molecule has 4 rings (SSSR count). The largest absolute Gasteiger partial charge is 0.480 e. The van der Waals surface area contributed by atoms with Crippen molar-refractivity contribution < 1.29 is 58.7 Å². The van der Waals surface area contributed by atoms with E-state index in [1.807, 2.05) is 0 Å². The molecule has 272 valence electrons. The third-order valence-corrected chi connectivity index (χ3v) is 8.53. The van der Waals surface area contributed by atoms with E-state index < -0.39 is 52.1 Å². The molecule has 0 spiro atoms. The van der Waals surface area contributed by atoms with Gasteiger partial charge in [-0.05, 0) is 68.5 Å². The first kappa shape index (κ1) is 39.1. The van der Waals surface area contributed by atoms with Gasteiger partial charge < -0.3 is 29.9 Å². The van der Waals surface area contributed by atoms with E-state index in [-0.39, 0.29) is 43.6 Å². The molecule has 12 heteroatoms. The van der Waals surface area contributed by atoms with Gasteiger partial charge >= 0.3 is 23.9 Å². The number of esters is 2. The second-order valence-electron chi connectivity index (χ2n) is 13.5. The summed E-state index contributed by atoms with van der Waals surface area (Å²) in [7, 11) is 0. The highest BCUT2D eigenvalue weighted by atomic mass is 16.5. The Morgan fingerprint density at radius 3 is 1.62 bits per heavy atom. The van der Waals surface area contributed by atoms with Gasteiger partial charge in [0.15, 0.2) is 17.0 Å². The fourth-order valence-corrected chi connectivity index (χ4v) is 5.41. The standard InChI is InChI=1S/C40H40O12/c1-38(2,49)32(41)27-9-5-24(6-10-27)17-21-51-35(45)31-23-29(13-14-30(31)34(43)44)26-15-19-40(20-16-26,36(46)47)37(48)52-22-18-25-7-11-28(12-8-25)33(42)39(3,4)50/h5-16,19,23,49-50H,17-18,20-22H2,1-4H3,(H,43,44)(H,46,47). The molecule has 0 bridgehead atoms. The SMILES string of the molecule is CC(C)(O)C(=O)c1ccc(CCOC(=O)c2cc(C3=CCC(C(=O)O)(C(=O)OCCc4ccc(C(=O)C(C)(C)O)cc4)C=C3)ccc2C(=O)O)cc1. The highest BCUT2D eigenvalue weighted by Gasteiger charge is 2.46. The Morgan fingerprint density at radius 1 is 0.692 bits per heavy atom. The number of Topliss-reactive ketones (excluding diaryl/α,β-unsaturated/α-hetero) is 2. The van der Waals surface area contributed by atoms with Crippen LogP contribution in [0.1, 0.15) is 92.2 Å². The number of aliphatic carboxylic acids is 1. The van der Waals surface area contributed by atoms with E-state index in [9.17, 15) is 49.2 Å². The first-order valence-corrected chi connectivity index (χ1v) is 16.4. The fraction of sp³-hybridized carbons (Fsp3) is 0.300. The van der Waals surface area contributed by atoms with Crippen molar-refractivity contribution in [2.75, 3.05) is 13.2 Å². The minimum absolute atomic E-state index is 0.0974. The maximum atomic E-state index is 13.1. The first-order chi connectivity index (χ1) is 24.3. The molecule has 0 aromatic heterocycles. The van der Waals surface area contributed by atoms with Crippen LogP contribution in [-0.4, -0.2) is 80.3 Å². The molecule has 4 N–H and O–H groups in total. The van der Waals surface area contributed by atoms with Crippen LogP contribution >= 0.6 is 0 Å². The molecule has 12 nitrogen and oxygen atoms in total. The number of hydrogen-bond donors (Lipinski definition) is 4. The van der Waals surface area contributed by atoms with E-state index in [2.05, 4.69) is 0 Å². The molecular weight excluding hydrogens is 672 g/mol. The third kappa shape index (κ3) is 9.14. The van der Waals surface area contributed by atoms with Gasteiger partial charge in [0, 0.05) is 24.0 Å². The Balaban J connectivity index is 1.40. The zero-order valence-corrected chi connectivity index (χ0v) is 29.2. The summed E-state index contributed by atoms with van der Waals surface area (Å²) >= 11 is 0. The summed E-state index contributed by atoms with van der Waals surface area (Å²) in [6.07, 6.45) is 4.32. The van der Waals surface area contributed by atoms with Gasteiger partial charge in [-0.15, -0.1) is 0 Å². The lowest BCUT2D eigenvalue weighted by atomic mass is 9.79. The number of aromatic carboxylic acids is 1. The van der Waals surface area contributed by atoms with Crippen molar-refractivity contribution >= 4 is 41.0 Å². The number of allylic oxidation sites excluding steroid dienone is 3. The van der Waals surface area contributed by atoms with Crippen LogP contribution in [0.3, 0.4) is 0 Å². The van der Waals surface area contributed by atoms with Crippen LogP contribution in [0.4, 0.5) is 0 Å². The lowest BCUT2D eigenvalue weighted by molar-refractivity contribution is -0.164. The number of carboxylic acids is 2. The number of ether oxygens (including phenoxy) is 2. The number of ketones is 2. The molecule has 52 heavy (non-hydrogen) atoms. The van der Waals surface area contributed by atoms with E-state index in [1.54, 1.807) is 48.5 Å². The number of carbonyl (C=O) groups is 6. The molecule has 1 aliphatic rings. The van der Waals surface area contributed by atoms with Crippen LogP contribution < -0.4 is 0 Å². The van der Waals surface area contributed by atoms with Crippen LogP contribution in [0.2, 0.25) is 0 Å². The Labute approximate surface area is 300 Å². The summed E-state index contributed by atoms with van der Waals surface area (Å²) in [6, 6.07) is 16.9. The van der Waals surface area contributed by atoms with Crippen molar-refractivity contribution in [1.29, 1.82) is 0 Å². The average molecular weight is 713 g/mol. The second-order valence-corrected chi connectivity index (χ2v) is 13.5. The van der Waals surface area contributed by atoms with Gasteiger partial charge in [0.25, 0.3) is 0 Å². The summed E-state index contributed by atoms with van der Waals surface area (Å²) in [5.74, 6) is -5.55. The molecule has 0 radical (unpaired) electrons. The quantitative estimate of drug-likeness (QED) is 0.0946. The molecule has 0 saturated carbocycles. The molecule has 0 heterocycles.